The highest BCUT2D eigenvalue weighted by atomic mass is 16.4. The number of carboxylic acids is 1. The summed E-state index contributed by atoms with van der Waals surface area (Å²) in [6, 6.07) is 9.90. The van der Waals surface area contributed by atoms with Gasteiger partial charge < -0.3 is 15.3 Å². The molecule has 5 nitrogen and oxygen atoms in total. The third-order valence-electron chi connectivity index (χ3n) is 4.42. The Hall–Kier alpha value is -2.04. The summed E-state index contributed by atoms with van der Waals surface area (Å²) in [5.41, 5.74) is 1.11. The average molecular weight is 318 g/mol. The quantitative estimate of drug-likeness (QED) is 0.847. The van der Waals surface area contributed by atoms with Gasteiger partial charge in [0.15, 0.2) is 0 Å². The predicted octanol–water partition coefficient (Wildman–Crippen LogP) is 3.05. The smallest absolute Gasteiger partial charge is 0.317 e. The first-order chi connectivity index (χ1) is 11.1. The first kappa shape index (κ1) is 17.3. The van der Waals surface area contributed by atoms with E-state index >= 15 is 0 Å². The maximum Gasteiger partial charge on any atom is 0.317 e. The molecule has 2 amide bonds. The summed E-state index contributed by atoms with van der Waals surface area (Å²) in [5.74, 6) is -0.830. The lowest BCUT2D eigenvalue weighted by Gasteiger charge is -2.34. The molecule has 1 saturated heterocycles. The Morgan fingerprint density at radius 1 is 1.30 bits per heavy atom. The topological polar surface area (TPSA) is 69.6 Å². The maximum atomic E-state index is 12.5. The van der Waals surface area contributed by atoms with Crippen LogP contribution in [-0.4, -0.2) is 40.6 Å². The van der Waals surface area contributed by atoms with Gasteiger partial charge in [0, 0.05) is 25.0 Å². The van der Waals surface area contributed by atoms with E-state index in [4.69, 9.17) is 5.11 Å². The molecule has 2 rings (SSSR count). The average Bonchev–Trinajstić information content (AvgIpc) is 2.54. The number of piperidine rings is 1. The number of likely N-dealkylation sites (tertiary alicyclic amines) is 1. The number of amides is 2. The zero-order chi connectivity index (χ0) is 16.7. The lowest BCUT2D eigenvalue weighted by atomic mass is 10.0. The second-order valence-electron chi connectivity index (χ2n) is 6.31. The number of hydrogen-bond donors (Lipinski definition) is 2. The van der Waals surface area contributed by atoms with Crippen molar-refractivity contribution in [2.45, 2.75) is 57.5 Å². The van der Waals surface area contributed by atoms with E-state index in [1.54, 1.807) is 0 Å². The number of carbonyl (C=O) groups is 2. The Bertz CT molecular complexity index is 518. The highest BCUT2D eigenvalue weighted by molar-refractivity contribution is 5.75. The van der Waals surface area contributed by atoms with Gasteiger partial charge in [-0.3, -0.25) is 4.79 Å². The predicted molar refractivity (Wildman–Crippen MR) is 89.4 cm³/mol. The molecule has 0 spiro atoms. The van der Waals surface area contributed by atoms with Crippen LogP contribution in [-0.2, 0) is 11.2 Å². The second kappa shape index (κ2) is 8.56. The number of nitrogens with one attached hydrogen (secondary N) is 1. The van der Waals surface area contributed by atoms with Crippen LogP contribution in [0.5, 0.6) is 0 Å². The number of carboxylic acid groups (broad SMARTS) is 1. The summed E-state index contributed by atoms with van der Waals surface area (Å²) in [5, 5.41) is 12.0. The number of carbonyl (C=O) groups excluding carboxylic acids is 1. The van der Waals surface area contributed by atoms with Gasteiger partial charge in [0.2, 0.25) is 0 Å². The standard InChI is InChI=1S/C18H26N2O3/c1-14-7-5-6-12-20(14)18(23)19-16(10-11-17(21)22)13-15-8-3-2-4-9-15/h2-4,8-9,14,16H,5-7,10-13H2,1H3,(H,19,23)(H,21,22). The summed E-state index contributed by atoms with van der Waals surface area (Å²) in [4.78, 5) is 25.3. The van der Waals surface area contributed by atoms with Gasteiger partial charge in [0.05, 0.1) is 0 Å². The first-order valence-corrected chi connectivity index (χ1v) is 8.39. The molecule has 0 aromatic heterocycles. The highest BCUT2D eigenvalue weighted by Crippen LogP contribution is 2.17. The largest absolute Gasteiger partial charge is 0.481 e. The van der Waals surface area contributed by atoms with Crippen molar-refractivity contribution in [3.63, 3.8) is 0 Å². The van der Waals surface area contributed by atoms with Gasteiger partial charge in [0.1, 0.15) is 0 Å². The molecule has 2 N–H and O–H groups in total. The van der Waals surface area contributed by atoms with Crippen molar-refractivity contribution in [2.75, 3.05) is 6.54 Å². The van der Waals surface area contributed by atoms with E-state index in [2.05, 4.69) is 12.2 Å². The van der Waals surface area contributed by atoms with Crippen LogP contribution in [0.2, 0.25) is 0 Å². The van der Waals surface area contributed by atoms with Crippen molar-refractivity contribution < 1.29 is 14.7 Å². The van der Waals surface area contributed by atoms with Crippen LogP contribution < -0.4 is 5.32 Å². The molecular weight excluding hydrogens is 292 g/mol. The molecule has 1 heterocycles. The minimum absolute atomic E-state index is 0.0628. The van der Waals surface area contributed by atoms with Crippen molar-refractivity contribution in [1.82, 2.24) is 10.2 Å². The summed E-state index contributed by atoms with van der Waals surface area (Å²) < 4.78 is 0. The fraction of sp³-hybridized carbons (Fsp3) is 0.556. The van der Waals surface area contributed by atoms with E-state index in [0.717, 1.165) is 31.4 Å². The van der Waals surface area contributed by atoms with Crippen molar-refractivity contribution in [1.29, 1.82) is 0 Å². The van der Waals surface area contributed by atoms with Crippen LogP contribution in [0.3, 0.4) is 0 Å². The molecule has 0 radical (unpaired) electrons. The zero-order valence-corrected chi connectivity index (χ0v) is 13.7. The third kappa shape index (κ3) is 5.58. The lowest BCUT2D eigenvalue weighted by Crippen LogP contribution is -2.50. The van der Waals surface area contributed by atoms with Crippen molar-refractivity contribution in [3.8, 4) is 0 Å². The van der Waals surface area contributed by atoms with E-state index in [1.165, 1.54) is 0 Å². The van der Waals surface area contributed by atoms with E-state index < -0.39 is 5.97 Å². The van der Waals surface area contributed by atoms with Crippen LogP contribution in [0.4, 0.5) is 4.79 Å². The van der Waals surface area contributed by atoms with E-state index in [0.29, 0.717) is 12.8 Å². The molecule has 2 unspecified atom stereocenters. The molecular formula is C18H26N2O3. The molecule has 1 aromatic rings. The summed E-state index contributed by atoms with van der Waals surface area (Å²) >= 11 is 0. The van der Waals surface area contributed by atoms with E-state index in [9.17, 15) is 9.59 Å². The minimum atomic E-state index is -0.830. The zero-order valence-electron chi connectivity index (χ0n) is 13.7. The summed E-state index contributed by atoms with van der Waals surface area (Å²) in [6.45, 7) is 2.85. The Labute approximate surface area is 137 Å². The Kier molecular flexibility index (Phi) is 6.44. The number of hydrogen-bond acceptors (Lipinski definition) is 2. The van der Waals surface area contributed by atoms with Gasteiger partial charge in [-0.1, -0.05) is 30.3 Å². The van der Waals surface area contributed by atoms with Crippen molar-refractivity contribution >= 4 is 12.0 Å². The number of benzene rings is 1. The Morgan fingerprint density at radius 3 is 2.70 bits per heavy atom. The summed E-state index contributed by atoms with van der Waals surface area (Å²) in [6.07, 6.45) is 4.40. The number of urea groups is 1. The van der Waals surface area contributed by atoms with Crippen LogP contribution in [0, 0.1) is 0 Å². The summed E-state index contributed by atoms with van der Waals surface area (Å²) in [7, 11) is 0. The minimum Gasteiger partial charge on any atom is -0.481 e. The van der Waals surface area contributed by atoms with Gasteiger partial charge in [-0.25, -0.2) is 4.79 Å². The monoisotopic (exact) mass is 318 g/mol. The van der Waals surface area contributed by atoms with Crippen LogP contribution in [0.25, 0.3) is 0 Å². The van der Waals surface area contributed by atoms with E-state index in [1.807, 2.05) is 35.2 Å². The van der Waals surface area contributed by atoms with Gasteiger partial charge in [-0.2, -0.15) is 0 Å². The molecule has 0 saturated carbocycles. The van der Waals surface area contributed by atoms with Crippen molar-refractivity contribution in [3.05, 3.63) is 35.9 Å². The normalized spacial score (nSPS) is 19.2. The van der Waals surface area contributed by atoms with Gasteiger partial charge >= 0.3 is 12.0 Å². The van der Waals surface area contributed by atoms with Gasteiger partial charge in [-0.05, 0) is 44.6 Å². The number of rotatable bonds is 6. The fourth-order valence-electron chi connectivity index (χ4n) is 3.08. The first-order valence-electron chi connectivity index (χ1n) is 8.39. The highest BCUT2D eigenvalue weighted by Gasteiger charge is 2.25. The van der Waals surface area contributed by atoms with Crippen LogP contribution >= 0.6 is 0 Å². The molecule has 5 heteroatoms. The molecule has 1 fully saturated rings. The fourth-order valence-corrected chi connectivity index (χ4v) is 3.08. The van der Waals surface area contributed by atoms with Crippen LogP contribution in [0.15, 0.2) is 30.3 Å². The number of aliphatic carboxylic acids is 1. The van der Waals surface area contributed by atoms with E-state index in [-0.39, 0.29) is 24.5 Å². The van der Waals surface area contributed by atoms with Crippen molar-refractivity contribution in [2.24, 2.45) is 0 Å². The molecule has 2 atom stereocenters. The molecule has 1 aliphatic heterocycles. The van der Waals surface area contributed by atoms with Gasteiger partial charge in [0.25, 0.3) is 0 Å². The second-order valence-corrected chi connectivity index (χ2v) is 6.31. The molecule has 0 bridgehead atoms. The molecule has 1 aromatic carbocycles. The third-order valence-corrected chi connectivity index (χ3v) is 4.42. The SMILES string of the molecule is CC1CCCCN1C(=O)NC(CCC(=O)O)Cc1ccccc1. The Morgan fingerprint density at radius 2 is 2.04 bits per heavy atom. The van der Waals surface area contributed by atoms with Gasteiger partial charge in [-0.15, -0.1) is 0 Å². The lowest BCUT2D eigenvalue weighted by molar-refractivity contribution is -0.137. The number of nitrogens with zero attached hydrogens (tertiary/aromatic N) is 1. The molecule has 126 valence electrons. The Balaban J connectivity index is 1.98. The maximum absolute atomic E-state index is 12.5. The molecule has 1 aliphatic rings. The molecule has 0 aliphatic carbocycles. The molecule has 23 heavy (non-hydrogen) atoms. The van der Waals surface area contributed by atoms with Crippen LogP contribution in [0.1, 0.15) is 44.6 Å².